The summed E-state index contributed by atoms with van der Waals surface area (Å²) in [6.07, 6.45) is 4.22. The van der Waals surface area contributed by atoms with Gasteiger partial charge in [0.25, 0.3) is 11.6 Å². The van der Waals surface area contributed by atoms with Crippen molar-refractivity contribution in [3.05, 3.63) is 54.5 Å². The second-order valence-electron chi connectivity index (χ2n) is 6.51. The Morgan fingerprint density at radius 1 is 1.03 bits per heavy atom. The van der Waals surface area contributed by atoms with Crippen LogP contribution in [0.2, 0.25) is 0 Å². The zero-order valence-electron chi connectivity index (χ0n) is 16.1. The monoisotopic (exact) mass is 482 g/mol. The van der Waals surface area contributed by atoms with Gasteiger partial charge in [-0.3, -0.25) is 0 Å². The van der Waals surface area contributed by atoms with Crippen LogP contribution in [0.25, 0.3) is 16.9 Å². The molecule has 0 saturated heterocycles. The average molecular weight is 483 g/mol. The summed E-state index contributed by atoms with van der Waals surface area (Å²) in [6, 6.07) is 13.1. The van der Waals surface area contributed by atoms with E-state index in [-0.39, 0.29) is 17.0 Å². The third-order valence-electron chi connectivity index (χ3n) is 4.91. The van der Waals surface area contributed by atoms with Gasteiger partial charge in [-0.1, -0.05) is 11.8 Å². The largest absolute Gasteiger partial charge is 1.00 e. The van der Waals surface area contributed by atoms with Crippen LogP contribution in [-0.4, -0.2) is 24.5 Å². The Bertz CT molecular complexity index is 993. The Hall–Kier alpha value is -2.06. The molecule has 1 aliphatic rings. The van der Waals surface area contributed by atoms with E-state index in [1.165, 1.54) is 5.82 Å². The number of hydrogen-bond donors (Lipinski definition) is 0. The van der Waals surface area contributed by atoms with Crippen molar-refractivity contribution in [3.63, 3.8) is 0 Å². The number of aromatic nitrogens is 2. The fourth-order valence-corrected chi connectivity index (χ4v) is 4.17. The zero-order chi connectivity index (χ0) is 19.7. The lowest BCUT2D eigenvalue weighted by molar-refractivity contribution is -0.689. The van der Waals surface area contributed by atoms with E-state index in [4.69, 9.17) is 9.47 Å². The number of methoxy groups -OCH3 is 2. The van der Waals surface area contributed by atoms with Crippen molar-refractivity contribution in [2.45, 2.75) is 30.0 Å². The number of thioether (sulfide) groups is 1. The first-order valence-corrected chi connectivity index (χ1v) is 9.90. The van der Waals surface area contributed by atoms with Gasteiger partial charge in [-0.2, -0.15) is 13.3 Å². The zero-order valence-corrected chi connectivity index (χ0v) is 18.5. The molecule has 0 unspecified atom stereocenters. The molecule has 3 aromatic rings. The Morgan fingerprint density at radius 3 is 2.41 bits per heavy atom. The molecule has 4 rings (SSSR count). The van der Waals surface area contributed by atoms with Gasteiger partial charge in [0.15, 0.2) is 17.2 Å². The molecule has 0 amide bonds. The third-order valence-corrected chi connectivity index (χ3v) is 5.63. The van der Waals surface area contributed by atoms with Crippen molar-refractivity contribution in [1.29, 1.82) is 0 Å². The first kappa shape index (κ1) is 21.6. The van der Waals surface area contributed by atoms with Crippen molar-refractivity contribution in [2.75, 3.05) is 14.2 Å². The molecule has 0 atom stereocenters. The fourth-order valence-electron chi connectivity index (χ4n) is 3.67. The normalized spacial score (nSPS) is 12.6. The predicted molar refractivity (Wildman–Crippen MR) is 105 cm³/mol. The molecule has 0 saturated carbocycles. The van der Waals surface area contributed by atoms with Crippen molar-refractivity contribution in [1.82, 2.24) is 4.57 Å². The Morgan fingerprint density at radius 2 is 1.76 bits per heavy atom. The number of benzene rings is 2. The van der Waals surface area contributed by atoms with Crippen molar-refractivity contribution >= 4 is 11.8 Å². The molecule has 0 radical (unpaired) electrons. The predicted octanol–water partition coefficient (Wildman–Crippen LogP) is 1.71. The standard InChI is InChI=1S/C21H21F2N2O2S.BrH/c1-26-18-10-5-14(12-19(18)27-2)17-13-24-11-3-4-20(24)25(17)15-6-8-16(9-7-15)28-21(22)23;/h5-10,12-13,21H,3-4,11H2,1-2H3;1H/q+1;/p-1. The van der Waals surface area contributed by atoms with Crippen molar-refractivity contribution < 1.29 is 39.8 Å². The molecule has 0 N–H and O–H groups in total. The van der Waals surface area contributed by atoms with E-state index in [0.29, 0.717) is 28.2 Å². The average Bonchev–Trinajstić information content (AvgIpc) is 3.29. The molecule has 2 heterocycles. The molecule has 0 fully saturated rings. The molecule has 0 aliphatic carbocycles. The maximum Gasteiger partial charge on any atom is 0.288 e. The maximum absolute atomic E-state index is 12.6. The van der Waals surface area contributed by atoms with E-state index in [2.05, 4.69) is 15.3 Å². The van der Waals surface area contributed by atoms with Gasteiger partial charge in [0, 0.05) is 10.5 Å². The van der Waals surface area contributed by atoms with Crippen LogP contribution < -0.4 is 31.0 Å². The molecule has 0 spiro atoms. The summed E-state index contributed by atoms with van der Waals surface area (Å²) in [7, 11) is 3.23. The second kappa shape index (κ2) is 9.17. The smallest absolute Gasteiger partial charge is 0.288 e. The minimum Gasteiger partial charge on any atom is -1.00 e. The fraction of sp³-hybridized carbons (Fsp3) is 0.286. The lowest BCUT2D eigenvalue weighted by Crippen LogP contribution is -3.00. The minimum absolute atomic E-state index is 0. The van der Waals surface area contributed by atoms with Crippen LogP contribution in [0.5, 0.6) is 11.5 Å². The highest BCUT2D eigenvalue weighted by molar-refractivity contribution is 7.99. The first-order valence-electron chi connectivity index (χ1n) is 9.02. The Kier molecular flexibility index (Phi) is 6.85. The maximum atomic E-state index is 12.6. The van der Waals surface area contributed by atoms with Gasteiger partial charge in [0.2, 0.25) is 0 Å². The van der Waals surface area contributed by atoms with Crippen LogP contribution in [0.3, 0.4) is 0 Å². The molecular formula is C21H21BrF2N2O2S. The lowest BCUT2D eigenvalue weighted by atomic mass is 10.1. The van der Waals surface area contributed by atoms with Crippen molar-refractivity contribution in [3.8, 4) is 28.4 Å². The molecule has 0 bridgehead atoms. The molecule has 154 valence electrons. The number of nitrogens with zero attached hydrogens (tertiary/aromatic N) is 2. The van der Waals surface area contributed by atoms with Gasteiger partial charge >= 0.3 is 0 Å². The number of fused-ring (bicyclic) bond motifs is 1. The van der Waals surface area contributed by atoms with Crippen LogP contribution in [0.1, 0.15) is 12.2 Å². The summed E-state index contributed by atoms with van der Waals surface area (Å²) in [5.74, 6) is 0.137. The molecule has 2 aromatic carbocycles. The van der Waals surface area contributed by atoms with E-state index in [1.54, 1.807) is 26.4 Å². The summed E-state index contributed by atoms with van der Waals surface area (Å²) in [5.41, 5.74) is 2.99. The van der Waals surface area contributed by atoms with E-state index in [0.717, 1.165) is 36.3 Å². The van der Waals surface area contributed by atoms with E-state index in [1.807, 2.05) is 30.3 Å². The number of halogens is 3. The number of ether oxygens (including phenoxy) is 2. The number of imidazole rings is 1. The SMILES string of the molecule is COc1ccc(-c2c[n+]3c(n2-c2ccc(SC(F)F)cc2)CCC3)cc1OC.[Br-]. The molecule has 29 heavy (non-hydrogen) atoms. The van der Waals surface area contributed by atoms with Crippen LogP contribution in [0.15, 0.2) is 53.6 Å². The van der Waals surface area contributed by atoms with Crippen LogP contribution in [0, 0.1) is 0 Å². The summed E-state index contributed by atoms with van der Waals surface area (Å²) >= 11 is 0.561. The highest BCUT2D eigenvalue weighted by Crippen LogP contribution is 2.34. The Balaban J connectivity index is 0.00000240. The van der Waals surface area contributed by atoms with E-state index in [9.17, 15) is 8.78 Å². The first-order chi connectivity index (χ1) is 13.6. The Labute approximate surface area is 183 Å². The lowest BCUT2D eigenvalue weighted by Gasteiger charge is -2.10. The highest BCUT2D eigenvalue weighted by atomic mass is 79.9. The quantitative estimate of drug-likeness (QED) is 0.395. The summed E-state index contributed by atoms with van der Waals surface area (Å²) < 4.78 is 40.5. The number of alkyl halides is 2. The summed E-state index contributed by atoms with van der Waals surface area (Å²) in [6.45, 7) is 0.974. The summed E-state index contributed by atoms with van der Waals surface area (Å²) in [5, 5.41) is 0. The minimum atomic E-state index is -2.42. The molecule has 1 aliphatic heterocycles. The molecule has 1 aromatic heterocycles. The van der Waals surface area contributed by atoms with Crippen LogP contribution >= 0.6 is 11.8 Å². The number of aryl methyl sites for hydroxylation is 1. The van der Waals surface area contributed by atoms with Gasteiger partial charge < -0.3 is 26.5 Å². The van der Waals surface area contributed by atoms with Crippen molar-refractivity contribution in [2.24, 2.45) is 0 Å². The molecule has 4 nitrogen and oxygen atoms in total. The van der Waals surface area contributed by atoms with Gasteiger partial charge in [-0.15, -0.1) is 0 Å². The van der Waals surface area contributed by atoms with Gasteiger partial charge in [0.05, 0.1) is 27.2 Å². The second-order valence-corrected chi connectivity index (χ2v) is 7.57. The number of hydrogen-bond acceptors (Lipinski definition) is 3. The third kappa shape index (κ3) is 4.28. The van der Waals surface area contributed by atoms with Gasteiger partial charge in [-0.05, 0) is 48.9 Å². The van der Waals surface area contributed by atoms with Gasteiger partial charge in [0.1, 0.15) is 11.9 Å². The van der Waals surface area contributed by atoms with E-state index >= 15 is 0 Å². The van der Waals surface area contributed by atoms with Crippen LogP contribution in [0.4, 0.5) is 8.78 Å². The molecular weight excluding hydrogens is 462 g/mol. The van der Waals surface area contributed by atoms with Gasteiger partial charge in [-0.25, -0.2) is 4.57 Å². The van der Waals surface area contributed by atoms with Crippen LogP contribution in [-0.2, 0) is 13.0 Å². The molecule has 8 heteroatoms. The number of rotatable bonds is 6. The topological polar surface area (TPSA) is 27.3 Å². The summed E-state index contributed by atoms with van der Waals surface area (Å²) in [4.78, 5) is 0.558. The van der Waals surface area contributed by atoms with E-state index < -0.39 is 5.76 Å². The highest BCUT2D eigenvalue weighted by Gasteiger charge is 2.30.